The molecular formula is C31H37N3S2. The van der Waals surface area contributed by atoms with Gasteiger partial charge in [0.15, 0.2) is 0 Å². The molecule has 3 aromatic rings. The van der Waals surface area contributed by atoms with Crippen LogP contribution in [0.1, 0.15) is 57.1 Å². The quantitative estimate of drug-likeness (QED) is 0.179. The minimum absolute atomic E-state index is 0.674. The predicted molar refractivity (Wildman–Crippen MR) is 160 cm³/mol. The Morgan fingerprint density at radius 1 is 0.806 bits per heavy atom. The van der Waals surface area contributed by atoms with Crippen LogP contribution in [0.5, 0.6) is 0 Å². The number of anilines is 2. The van der Waals surface area contributed by atoms with Crippen LogP contribution >= 0.6 is 23.7 Å². The van der Waals surface area contributed by atoms with E-state index >= 15 is 0 Å². The molecule has 0 aromatic heterocycles. The van der Waals surface area contributed by atoms with Gasteiger partial charge in [-0.3, -0.25) is 5.41 Å². The molecule has 0 saturated carbocycles. The first-order valence-electron chi connectivity index (χ1n) is 13.4. The standard InChI is InChI=1S/C31H37N3S2/c1-3-5-12-25(9-4-2)36-26-14-16-28-27-15-13-24(21-29(27)31(32)30(28)22-26)34-18-17-33(19-20-35-34)23-10-7-6-8-11-23/h6-8,10-11,13-16,21-22,25,32H,3-5,9,12,17-20H2,1-2H3. The van der Waals surface area contributed by atoms with Gasteiger partial charge in [-0.15, -0.1) is 11.8 Å². The second-order valence-corrected chi connectivity index (χ2v) is 12.2. The van der Waals surface area contributed by atoms with E-state index in [1.807, 2.05) is 23.7 Å². The van der Waals surface area contributed by atoms with Crippen molar-refractivity contribution in [2.75, 3.05) is 34.6 Å². The first-order valence-corrected chi connectivity index (χ1v) is 15.2. The van der Waals surface area contributed by atoms with E-state index in [0.717, 1.165) is 36.5 Å². The van der Waals surface area contributed by atoms with E-state index in [2.05, 4.69) is 89.8 Å². The Bertz CT molecular complexity index is 1190. The summed E-state index contributed by atoms with van der Waals surface area (Å²) in [5, 5.41) is 9.71. The zero-order valence-corrected chi connectivity index (χ0v) is 23.1. The lowest BCUT2D eigenvalue weighted by Gasteiger charge is -2.24. The Morgan fingerprint density at radius 2 is 1.58 bits per heavy atom. The number of nitrogens with zero attached hydrogens (tertiary/aromatic N) is 2. The molecule has 3 nitrogen and oxygen atoms in total. The van der Waals surface area contributed by atoms with Crippen LogP contribution in [-0.2, 0) is 0 Å². The number of para-hydroxylation sites is 1. The molecule has 0 amide bonds. The minimum atomic E-state index is 0.674. The van der Waals surface area contributed by atoms with E-state index in [9.17, 15) is 0 Å². The Hall–Kier alpha value is -2.37. The molecule has 1 aliphatic heterocycles. The zero-order valence-electron chi connectivity index (χ0n) is 21.5. The Morgan fingerprint density at radius 3 is 2.36 bits per heavy atom. The molecule has 5 heteroatoms. The summed E-state index contributed by atoms with van der Waals surface area (Å²) in [5.41, 5.74) is 7.78. The second kappa shape index (κ2) is 11.8. The largest absolute Gasteiger partial charge is 0.369 e. The molecule has 1 aliphatic carbocycles. The molecule has 1 heterocycles. The van der Waals surface area contributed by atoms with Gasteiger partial charge in [-0.1, -0.05) is 63.4 Å². The van der Waals surface area contributed by atoms with Crippen LogP contribution in [-0.4, -0.2) is 36.3 Å². The molecule has 5 rings (SSSR count). The van der Waals surface area contributed by atoms with Crippen molar-refractivity contribution in [3.8, 4) is 11.1 Å². The van der Waals surface area contributed by atoms with Gasteiger partial charge in [0.25, 0.3) is 0 Å². The smallest absolute Gasteiger partial charge is 0.0698 e. The first kappa shape index (κ1) is 25.3. The number of unbranched alkanes of at least 4 members (excludes halogenated alkanes) is 1. The van der Waals surface area contributed by atoms with Crippen molar-refractivity contribution in [1.82, 2.24) is 0 Å². The molecule has 2 aliphatic rings. The Balaban J connectivity index is 1.31. The highest BCUT2D eigenvalue weighted by molar-refractivity contribution is 8.00. The number of hydrogen-bond donors (Lipinski definition) is 1. The Labute approximate surface area is 225 Å². The molecule has 1 fully saturated rings. The summed E-state index contributed by atoms with van der Waals surface area (Å²) in [6.45, 7) is 7.58. The van der Waals surface area contributed by atoms with Gasteiger partial charge in [-0.25, -0.2) is 0 Å². The third-order valence-corrected chi connectivity index (χ3v) is 9.61. The van der Waals surface area contributed by atoms with Gasteiger partial charge in [0, 0.05) is 58.0 Å². The Kier molecular flexibility index (Phi) is 8.28. The summed E-state index contributed by atoms with van der Waals surface area (Å²) < 4.78 is 2.42. The number of benzene rings is 3. The molecule has 0 spiro atoms. The average molecular weight is 516 g/mol. The van der Waals surface area contributed by atoms with Crippen molar-refractivity contribution >= 4 is 40.8 Å². The monoisotopic (exact) mass is 515 g/mol. The summed E-state index contributed by atoms with van der Waals surface area (Å²) in [5.74, 6) is 1.06. The summed E-state index contributed by atoms with van der Waals surface area (Å²) in [6, 6.07) is 24.3. The maximum absolute atomic E-state index is 9.04. The molecule has 1 atom stereocenters. The molecule has 0 radical (unpaired) electrons. The SMILES string of the molecule is CCCCC(CCC)Sc1ccc2c(c1)C(=N)c1cc(N3CCN(c4ccccc4)CCS3)ccc1-2. The average Bonchev–Trinajstić information content (AvgIpc) is 3.05. The fraction of sp³-hybridized carbons (Fsp3) is 0.387. The van der Waals surface area contributed by atoms with E-state index in [4.69, 9.17) is 5.41 Å². The lowest BCUT2D eigenvalue weighted by molar-refractivity contribution is 0.639. The van der Waals surface area contributed by atoms with Crippen molar-refractivity contribution in [3.63, 3.8) is 0 Å². The lowest BCUT2D eigenvalue weighted by atomic mass is 10.1. The van der Waals surface area contributed by atoms with Gasteiger partial charge in [-0.2, -0.15) is 0 Å². The fourth-order valence-electron chi connectivity index (χ4n) is 5.27. The normalized spacial score (nSPS) is 16.0. The van der Waals surface area contributed by atoms with E-state index in [1.165, 1.54) is 59.5 Å². The summed E-state index contributed by atoms with van der Waals surface area (Å²) in [6.07, 6.45) is 6.32. The highest BCUT2D eigenvalue weighted by Gasteiger charge is 2.26. The second-order valence-electron chi connectivity index (χ2n) is 9.74. The number of rotatable bonds is 9. The summed E-state index contributed by atoms with van der Waals surface area (Å²) in [7, 11) is 0. The van der Waals surface area contributed by atoms with Crippen molar-refractivity contribution < 1.29 is 0 Å². The first-order chi connectivity index (χ1) is 17.7. The van der Waals surface area contributed by atoms with Crippen molar-refractivity contribution in [2.45, 2.75) is 56.1 Å². The van der Waals surface area contributed by atoms with Crippen molar-refractivity contribution in [1.29, 1.82) is 5.41 Å². The van der Waals surface area contributed by atoms with E-state index < -0.39 is 0 Å². The number of hydrogen-bond acceptors (Lipinski definition) is 5. The molecule has 1 saturated heterocycles. The zero-order chi connectivity index (χ0) is 24.9. The highest BCUT2D eigenvalue weighted by Crippen LogP contribution is 2.42. The molecule has 0 bridgehead atoms. The van der Waals surface area contributed by atoms with Crippen LogP contribution < -0.4 is 9.21 Å². The van der Waals surface area contributed by atoms with Crippen molar-refractivity contribution in [2.24, 2.45) is 0 Å². The van der Waals surface area contributed by atoms with Gasteiger partial charge in [-0.05, 0) is 72.3 Å². The number of fused-ring (bicyclic) bond motifs is 3. The van der Waals surface area contributed by atoms with Crippen LogP contribution in [0.25, 0.3) is 11.1 Å². The molecule has 36 heavy (non-hydrogen) atoms. The topological polar surface area (TPSA) is 30.3 Å². The molecular weight excluding hydrogens is 478 g/mol. The van der Waals surface area contributed by atoms with E-state index in [0.29, 0.717) is 11.0 Å². The van der Waals surface area contributed by atoms with Crippen LogP contribution in [0.2, 0.25) is 0 Å². The summed E-state index contributed by atoms with van der Waals surface area (Å²) in [4.78, 5) is 3.79. The van der Waals surface area contributed by atoms with Gasteiger partial charge >= 0.3 is 0 Å². The van der Waals surface area contributed by atoms with E-state index in [1.54, 1.807) is 0 Å². The van der Waals surface area contributed by atoms with Gasteiger partial charge < -0.3 is 9.21 Å². The maximum Gasteiger partial charge on any atom is 0.0698 e. The van der Waals surface area contributed by atoms with Crippen LogP contribution in [0.3, 0.4) is 0 Å². The molecule has 3 aromatic carbocycles. The summed E-state index contributed by atoms with van der Waals surface area (Å²) >= 11 is 3.92. The third kappa shape index (κ3) is 5.47. The van der Waals surface area contributed by atoms with Gasteiger partial charge in [0.1, 0.15) is 0 Å². The number of nitrogens with one attached hydrogen (secondary N) is 1. The highest BCUT2D eigenvalue weighted by atomic mass is 32.2. The maximum atomic E-state index is 9.04. The fourth-order valence-corrected chi connectivity index (χ4v) is 7.62. The minimum Gasteiger partial charge on any atom is -0.369 e. The molecule has 188 valence electrons. The third-order valence-electron chi connectivity index (χ3n) is 7.21. The van der Waals surface area contributed by atoms with Crippen molar-refractivity contribution in [3.05, 3.63) is 77.9 Å². The molecule has 1 N–H and O–H groups in total. The van der Waals surface area contributed by atoms with Crippen LogP contribution in [0.15, 0.2) is 71.6 Å². The predicted octanol–water partition coefficient (Wildman–Crippen LogP) is 8.51. The van der Waals surface area contributed by atoms with E-state index in [-0.39, 0.29) is 0 Å². The number of thioether (sulfide) groups is 1. The van der Waals surface area contributed by atoms with Gasteiger partial charge in [0.2, 0.25) is 0 Å². The van der Waals surface area contributed by atoms with Gasteiger partial charge in [0.05, 0.1) is 5.71 Å². The van der Waals surface area contributed by atoms with Crippen LogP contribution in [0.4, 0.5) is 11.4 Å². The van der Waals surface area contributed by atoms with Crippen LogP contribution in [0, 0.1) is 5.41 Å². The molecule has 1 unspecified atom stereocenters. The lowest BCUT2D eigenvalue weighted by Crippen LogP contribution is -2.29.